The Balaban J connectivity index is 1.73. The molecule has 0 aromatic heterocycles. The summed E-state index contributed by atoms with van der Waals surface area (Å²) >= 11 is 5.81. The van der Waals surface area contributed by atoms with Crippen LogP contribution in [-0.2, 0) is 22.6 Å². The van der Waals surface area contributed by atoms with E-state index in [1.165, 1.54) is 0 Å². The Labute approximate surface area is 174 Å². The van der Waals surface area contributed by atoms with E-state index in [1.54, 1.807) is 48.5 Å². The van der Waals surface area contributed by atoms with Crippen LogP contribution in [0.5, 0.6) is 0 Å². The molecule has 0 saturated heterocycles. The zero-order chi connectivity index (χ0) is 21.2. The van der Waals surface area contributed by atoms with Crippen LogP contribution >= 0.6 is 11.6 Å². The van der Waals surface area contributed by atoms with E-state index in [2.05, 4.69) is 16.0 Å². The summed E-state index contributed by atoms with van der Waals surface area (Å²) < 4.78 is 5.03. The summed E-state index contributed by atoms with van der Waals surface area (Å²) in [6.07, 6.45) is 0. The summed E-state index contributed by atoms with van der Waals surface area (Å²) in [6.45, 7) is 4.03. The molecule has 0 aliphatic carbocycles. The Morgan fingerprint density at radius 3 is 2.03 bits per heavy atom. The molecule has 8 heteroatoms. The number of amides is 3. The fourth-order valence-corrected chi connectivity index (χ4v) is 2.45. The second-order valence-electron chi connectivity index (χ2n) is 6.66. The van der Waals surface area contributed by atoms with E-state index in [1.807, 2.05) is 13.8 Å². The van der Waals surface area contributed by atoms with Crippen molar-refractivity contribution < 1.29 is 19.1 Å². The van der Waals surface area contributed by atoms with Gasteiger partial charge in [-0.05, 0) is 49.2 Å². The van der Waals surface area contributed by atoms with Crippen LogP contribution in [-0.4, -0.2) is 30.6 Å². The highest BCUT2D eigenvalue weighted by atomic mass is 35.5. The summed E-state index contributed by atoms with van der Waals surface area (Å²) in [7, 11) is 0. The average molecular weight is 418 g/mol. The van der Waals surface area contributed by atoms with Crippen LogP contribution in [0.2, 0.25) is 5.02 Å². The lowest BCUT2D eigenvalue weighted by molar-refractivity contribution is -0.124. The lowest BCUT2D eigenvalue weighted by Crippen LogP contribution is -2.39. The molecule has 29 heavy (non-hydrogen) atoms. The maximum absolute atomic E-state index is 12.1. The molecule has 0 aliphatic rings. The topological polar surface area (TPSA) is 96.5 Å². The maximum atomic E-state index is 12.1. The molecular formula is C21H24ClN3O4. The van der Waals surface area contributed by atoms with Gasteiger partial charge >= 0.3 is 12.0 Å². The van der Waals surface area contributed by atoms with Gasteiger partial charge in [-0.3, -0.25) is 4.79 Å². The van der Waals surface area contributed by atoms with Crippen molar-refractivity contribution in [2.24, 2.45) is 0 Å². The molecule has 0 bridgehead atoms. The number of halogens is 1. The molecule has 0 heterocycles. The van der Waals surface area contributed by atoms with Crippen molar-refractivity contribution in [1.29, 1.82) is 0 Å². The van der Waals surface area contributed by atoms with Crippen molar-refractivity contribution in [3.8, 4) is 0 Å². The van der Waals surface area contributed by atoms with Gasteiger partial charge in [0.1, 0.15) is 0 Å². The molecule has 0 atom stereocenters. The number of hydrogen-bond donors (Lipinski definition) is 3. The molecular weight excluding hydrogens is 394 g/mol. The van der Waals surface area contributed by atoms with Gasteiger partial charge in [0.25, 0.3) is 5.91 Å². The first-order valence-electron chi connectivity index (χ1n) is 9.15. The summed E-state index contributed by atoms with van der Waals surface area (Å²) in [5, 5.41) is 8.74. The van der Waals surface area contributed by atoms with Crippen molar-refractivity contribution in [2.45, 2.75) is 33.0 Å². The van der Waals surface area contributed by atoms with Crippen LogP contribution in [0.1, 0.15) is 35.3 Å². The van der Waals surface area contributed by atoms with Gasteiger partial charge in [-0.1, -0.05) is 35.9 Å². The number of carbonyl (C=O) groups excluding carboxylic acids is 3. The Bertz CT molecular complexity index is 836. The van der Waals surface area contributed by atoms with Gasteiger partial charge < -0.3 is 20.7 Å². The number of urea groups is 1. The third-order valence-corrected chi connectivity index (χ3v) is 4.05. The van der Waals surface area contributed by atoms with Gasteiger partial charge in [0, 0.05) is 24.2 Å². The van der Waals surface area contributed by atoms with Gasteiger partial charge in [-0.25, -0.2) is 9.59 Å². The minimum Gasteiger partial charge on any atom is -0.452 e. The van der Waals surface area contributed by atoms with E-state index in [0.717, 1.165) is 11.1 Å². The Morgan fingerprint density at radius 2 is 1.45 bits per heavy atom. The van der Waals surface area contributed by atoms with Gasteiger partial charge in [0.05, 0.1) is 5.56 Å². The minimum atomic E-state index is -0.594. The van der Waals surface area contributed by atoms with Gasteiger partial charge in [-0.2, -0.15) is 0 Å². The number of carbonyl (C=O) groups is 3. The fraction of sp³-hybridized carbons (Fsp3) is 0.286. The second kappa shape index (κ2) is 11.1. The molecule has 0 spiro atoms. The van der Waals surface area contributed by atoms with E-state index in [-0.39, 0.29) is 18.7 Å². The molecule has 0 unspecified atom stereocenters. The standard InChI is InChI=1S/C21H24ClN3O4/c1-14(2)25-21(28)24-12-15-3-7-17(8-4-15)20(27)29-13-19(26)23-11-16-5-9-18(22)10-6-16/h3-10,14H,11-13H2,1-2H3,(H,23,26)(H2,24,25,28). The number of hydrogen-bond acceptors (Lipinski definition) is 4. The molecule has 0 aliphatic heterocycles. The first-order chi connectivity index (χ1) is 13.8. The molecule has 3 N–H and O–H groups in total. The molecule has 2 rings (SSSR count). The molecule has 0 fully saturated rings. The lowest BCUT2D eigenvalue weighted by Gasteiger charge is -2.10. The molecule has 154 valence electrons. The largest absolute Gasteiger partial charge is 0.452 e. The molecule has 2 aromatic rings. The summed E-state index contributed by atoms with van der Waals surface area (Å²) in [6, 6.07) is 13.5. The molecule has 7 nitrogen and oxygen atoms in total. The third kappa shape index (κ3) is 8.23. The lowest BCUT2D eigenvalue weighted by atomic mass is 10.1. The van der Waals surface area contributed by atoms with Crippen LogP contribution in [0.25, 0.3) is 0 Å². The first-order valence-corrected chi connectivity index (χ1v) is 9.53. The van der Waals surface area contributed by atoms with Crippen LogP contribution in [0, 0.1) is 0 Å². The van der Waals surface area contributed by atoms with Gasteiger partial charge in [0.15, 0.2) is 6.61 Å². The smallest absolute Gasteiger partial charge is 0.338 e. The van der Waals surface area contributed by atoms with Crippen molar-refractivity contribution in [3.63, 3.8) is 0 Å². The van der Waals surface area contributed by atoms with Crippen LogP contribution in [0.4, 0.5) is 4.79 Å². The molecule has 0 saturated carbocycles. The SMILES string of the molecule is CC(C)NC(=O)NCc1ccc(C(=O)OCC(=O)NCc2ccc(Cl)cc2)cc1. The monoisotopic (exact) mass is 417 g/mol. The van der Waals surface area contributed by atoms with Crippen LogP contribution < -0.4 is 16.0 Å². The zero-order valence-corrected chi connectivity index (χ0v) is 17.1. The number of benzene rings is 2. The molecule has 0 radical (unpaired) electrons. The van der Waals surface area contributed by atoms with Crippen molar-refractivity contribution in [3.05, 3.63) is 70.2 Å². The average Bonchev–Trinajstić information content (AvgIpc) is 2.70. The van der Waals surface area contributed by atoms with Crippen molar-refractivity contribution >= 4 is 29.5 Å². The number of ether oxygens (including phenoxy) is 1. The first kappa shape index (κ1) is 22.2. The predicted molar refractivity (Wildman–Crippen MR) is 111 cm³/mol. The Morgan fingerprint density at radius 1 is 0.897 bits per heavy atom. The molecule has 2 aromatic carbocycles. The Hall–Kier alpha value is -3.06. The second-order valence-corrected chi connectivity index (χ2v) is 7.09. The predicted octanol–water partition coefficient (Wildman–Crippen LogP) is 3.02. The Kier molecular flexibility index (Phi) is 8.48. The maximum Gasteiger partial charge on any atom is 0.338 e. The minimum absolute atomic E-state index is 0.0514. The highest BCUT2D eigenvalue weighted by Gasteiger charge is 2.10. The van der Waals surface area contributed by atoms with E-state index in [9.17, 15) is 14.4 Å². The van der Waals surface area contributed by atoms with Gasteiger partial charge in [-0.15, -0.1) is 0 Å². The van der Waals surface area contributed by atoms with Crippen LogP contribution in [0.15, 0.2) is 48.5 Å². The number of nitrogens with one attached hydrogen (secondary N) is 3. The van der Waals surface area contributed by atoms with E-state index in [0.29, 0.717) is 23.7 Å². The highest BCUT2D eigenvalue weighted by Crippen LogP contribution is 2.09. The van der Waals surface area contributed by atoms with Gasteiger partial charge in [0.2, 0.25) is 0 Å². The third-order valence-electron chi connectivity index (χ3n) is 3.80. The summed E-state index contributed by atoms with van der Waals surface area (Å²) in [5.74, 6) is -0.992. The zero-order valence-electron chi connectivity index (χ0n) is 16.3. The fourth-order valence-electron chi connectivity index (χ4n) is 2.32. The van der Waals surface area contributed by atoms with Crippen molar-refractivity contribution in [2.75, 3.05) is 6.61 Å². The normalized spacial score (nSPS) is 10.3. The van der Waals surface area contributed by atoms with E-state index >= 15 is 0 Å². The number of rotatable bonds is 8. The summed E-state index contributed by atoms with van der Waals surface area (Å²) in [4.78, 5) is 35.5. The highest BCUT2D eigenvalue weighted by molar-refractivity contribution is 6.30. The van der Waals surface area contributed by atoms with E-state index in [4.69, 9.17) is 16.3 Å². The van der Waals surface area contributed by atoms with Crippen molar-refractivity contribution in [1.82, 2.24) is 16.0 Å². The van der Waals surface area contributed by atoms with E-state index < -0.39 is 11.9 Å². The molecule has 3 amide bonds. The quantitative estimate of drug-likeness (QED) is 0.575. The van der Waals surface area contributed by atoms with Crippen LogP contribution in [0.3, 0.4) is 0 Å². The number of esters is 1. The summed E-state index contributed by atoms with van der Waals surface area (Å²) in [5.41, 5.74) is 2.05.